The Kier molecular flexibility index (Phi) is 17.5. The molecule has 5 rings (SSSR count). The van der Waals surface area contributed by atoms with Crippen LogP contribution in [0.15, 0.2) is 11.6 Å². The highest BCUT2D eigenvalue weighted by Crippen LogP contribution is 2.67. The van der Waals surface area contributed by atoms with Crippen LogP contribution in [0.1, 0.15) is 137 Å². The van der Waals surface area contributed by atoms with Crippen molar-refractivity contribution in [2.75, 3.05) is 52.7 Å². The Morgan fingerprint density at radius 1 is 0.793 bits per heavy atom. The summed E-state index contributed by atoms with van der Waals surface area (Å²) in [6.07, 6.45) is 16.3. The fraction of sp³-hybridized carbons (Fsp3) is 0.844. The molecule has 0 aromatic rings. The first kappa shape index (κ1) is 46.0. The number of rotatable bonds is 23. The fourth-order valence-corrected chi connectivity index (χ4v) is 11.2. The third-order valence-electron chi connectivity index (χ3n) is 14.3. The van der Waals surface area contributed by atoms with Crippen LogP contribution in [0, 0.1) is 46.3 Å². The van der Waals surface area contributed by atoms with Crippen molar-refractivity contribution in [1.29, 1.82) is 0 Å². The van der Waals surface area contributed by atoms with Crippen molar-refractivity contribution >= 4 is 29.8 Å². The Balaban J connectivity index is 0.854. The number of alkyl carbamates (subject to hydrolysis) is 1. The molecule has 4 aliphatic carbocycles. The second kappa shape index (κ2) is 22.0. The van der Waals surface area contributed by atoms with E-state index in [1.165, 1.54) is 56.9 Å². The van der Waals surface area contributed by atoms with Gasteiger partial charge in [0.15, 0.2) is 0 Å². The van der Waals surface area contributed by atoms with Gasteiger partial charge in [-0.1, -0.05) is 65.5 Å². The maximum Gasteiger partial charge on any atom is 0.407 e. The number of hydrogen-bond acceptors (Lipinski definition) is 10. The van der Waals surface area contributed by atoms with E-state index in [2.05, 4.69) is 51.3 Å². The van der Waals surface area contributed by atoms with Crippen molar-refractivity contribution in [2.24, 2.45) is 46.3 Å². The minimum Gasteiger partial charge on any atom is -0.446 e. The van der Waals surface area contributed by atoms with Gasteiger partial charge in [-0.25, -0.2) is 9.59 Å². The maximum absolute atomic E-state index is 12.7. The van der Waals surface area contributed by atoms with Gasteiger partial charge >= 0.3 is 12.1 Å². The molecule has 1 saturated heterocycles. The van der Waals surface area contributed by atoms with Gasteiger partial charge in [-0.2, -0.15) is 0 Å². The highest BCUT2D eigenvalue weighted by Gasteiger charge is 2.59. The lowest BCUT2D eigenvalue weighted by Gasteiger charge is -2.58. The summed E-state index contributed by atoms with van der Waals surface area (Å²) in [5.41, 5.74) is 2.27. The molecular weight excluding hydrogens is 743 g/mol. The van der Waals surface area contributed by atoms with Crippen LogP contribution in [0.3, 0.4) is 0 Å². The molecule has 1 unspecified atom stereocenters. The SMILES string of the molecule is CC(C)CCC[C@@H](C)[C@H]1CC[C@H]2[C@@H]3CC=C4CC(OC(=O)NCCCOCCOCCOCCNC(=O)CCC(=O)ON5C(=O)CCC5=O)CC[C@]4(C)[C@H]3CC[C@]12C. The molecule has 0 aromatic heterocycles. The second-order valence-electron chi connectivity index (χ2n) is 18.6. The summed E-state index contributed by atoms with van der Waals surface area (Å²) in [5, 5.41) is 6.01. The molecule has 58 heavy (non-hydrogen) atoms. The van der Waals surface area contributed by atoms with Crippen LogP contribution in [0.2, 0.25) is 0 Å². The molecule has 0 bridgehead atoms. The summed E-state index contributed by atoms with van der Waals surface area (Å²) < 4.78 is 22.5. The van der Waals surface area contributed by atoms with E-state index in [0.717, 1.165) is 54.8 Å². The molecule has 0 aromatic carbocycles. The first-order chi connectivity index (χ1) is 27.8. The zero-order valence-corrected chi connectivity index (χ0v) is 36.1. The van der Waals surface area contributed by atoms with Crippen molar-refractivity contribution in [3.05, 3.63) is 11.6 Å². The van der Waals surface area contributed by atoms with Crippen molar-refractivity contribution in [2.45, 2.75) is 143 Å². The van der Waals surface area contributed by atoms with Crippen LogP contribution < -0.4 is 10.6 Å². The van der Waals surface area contributed by atoms with E-state index in [1.807, 2.05) is 0 Å². The Bertz CT molecular complexity index is 1420. The second-order valence-corrected chi connectivity index (χ2v) is 18.6. The molecule has 8 atom stereocenters. The van der Waals surface area contributed by atoms with Gasteiger partial charge in [0.05, 0.1) is 39.5 Å². The largest absolute Gasteiger partial charge is 0.446 e. The number of hydrogen-bond donors (Lipinski definition) is 2. The summed E-state index contributed by atoms with van der Waals surface area (Å²) in [5.74, 6) is 2.61. The number of ether oxygens (including phenoxy) is 4. The number of carbonyl (C=O) groups is 5. The van der Waals surface area contributed by atoms with E-state index >= 15 is 0 Å². The molecule has 1 aliphatic heterocycles. The van der Waals surface area contributed by atoms with Crippen LogP contribution in [-0.2, 0) is 43.0 Å². The average molecular weight is 816 g/mol. The lowest BCUT2D eigenvalue weighted by Crippen LogP contribution is -2.51. The van der Waals surface area contributed by atoms with E-state index < -0.39 is 17.8 Å². The number of imide groups is 1. The molecule has 4 fully saturated rings. The van der Waals surface area contributed by atoms with Crippen LogP contribution >= 0.6 is 0 Å². The number of carbonyl (C=O) groups excluding carboxylic acids is 5. The molecule has 1 heterocycles. The molecule has 0 spiro atoms. The Labute approximate surface area is 346 Å². The van der Waals surface area contributed by atoms with Crippen LogP contribution in [0.4, 0.5) is 4.79 Å². The first-order valence-corrected chi connectivity index (χ1v) is 22.5. The summed E-state index contributed by atoms with van der Waals surface area (Å²) in [4.78, 5) is 64.1. The highest BCUT2D eigenvalue weighted by molar-refractivity contribution is 6.01. The standard InChI is InChI=1S/C45H73N3O10/c1-31(2)8-6-9-32(3)36-12-13-37-35-11-10-33-30-34(18-20-44(33,4)38(35)19-21-45(36,37)5)57-43(53)47-22-7-24-54-26-28-56-29-27-55-25-23-46-39(49)14-17-42(52)58-48-40(50)15-16-41(48)51/h10,31-32,34-38H,6-9,11-30H2,1-5H3,(H,46,49)(H,47,53)/t32-,34?,35+,36-,37+,38+,44+,45-/m1/s1. The third-order valence-corrected chi connectivity index (χ3v) is 14.3. The number of nitrogens with one attached hydrogen (secondary N) is 2. The third kappa shape index (κ3) is 12.3. The van der Waals surface area contributed by atoms with Gasteiger partial charge in [-0.05, 0) is 97.7 Å². The molecule has 2 N–H and O–H groups in total. The molecule has 13 heteroatoms. The number of fused-ring (bicyclic) bond motifs is 5. The monoisotopic (exact) mass is 816 g/mol. The fourth-order valence-electron chi connectivity index (χ4n) is 11.2. The molecule has 4 amide bonds. The lowest BCUT2D eigenvalue weighted by molar-refractivity contribution is -0.197. The summed E-state index contributed by atoms with van der Waals surface area (Å²) in [6, 6.07) is 0. The minimum atomic E-state index is -0.815. The van der Waals surface area contributed by atoms with E-state index in [9.17, 15) is 24.0 Å². The lowest BCUT2D eigenvalue weighted by atomic mass is 9.47. The number of amides is 4. The topological polar surface area (TPSA) is 159 Å². The van der Waals surface area contributed by atoms with Gasteiger partial charge in [-0.15, -0.1) is 5.06 Å². The van der Waals surface area contributed by atoms with Crippen LogP contribution in [0.25, 0.3) is 0 Å². The van der Waals surface area contributed by atoms with Gasteiger partial charge < -0.3 is 34.4 Å². The van der Waals surface area contributed by atoms with Crippen LogP contribution in [0.5, 0.6) is 0 Å². The Morgan fingerprint density at radius 2 is 1.50 bits per heavy atom. The summed E-state index contributed by atoms with van der Waals surface area (Å²) >= 11 is 0. The number of allylic oxidation sites excluding steroid dienone is 1. The average Bonchev–Trinajstić information content (AvgIpc) is 3.71. The Hall–Kier alpha value is -3.03. The van der Waals surface area contributed by atoms with Crippen molar-refractivity contribution in [3.8, 4) is 0 Å². The van der Waals surface area contributed by atoms with Crippen molar-refractivity contribution in [1.82, 2.24) is 15.7 Å². The van der Waals surface area contributed by atoms with E-state index in [-0.39, 0.29) is 62.4 Å². The van der Waals surface area contributed by atoms with E-state index in [0.29, 0.717) is 56.5 Å². The number of nitrogens with zero attached hydrogens (tertiary/aromatic N) is 1. The summed E-state index contributed by atoms with van der Waals surface area (Å²) in [6.45, 7) is 15.5. The molecule has 328 valence electrons. The smallest absolute Gasteiger partial charge is 0.407 e. The van der Waals surface area contributed by atoms with Crippen molar-refractivity contribution in [3.63, 3.8) is 0 Å². The quantitative estimate of drug-likeness (QED) is 0.0621. The number of hydroxylamine groups is 2. The predicted octanol–water partition coefficient (Wildman–Crippen LogP) is 7.07. The van der Waals surface area contributed by atoms with E-state index in [4.69, 9.17) is 23.8 Å². The zero-order valence-electron chi connectivity index (χ0n) is 36.1. The zero-order chi connectivity index (χ0) is 41.7. The molecular formula is C45H73N3O10. The van der Waals surface area contributed by atoms with Gasteiger partial charge in [0.2, 0.25) is 5.91 Å². The van der Waals surface area contributed by atoms with E-state index in [1.54, 1.807) is 0 Å². The molecule has 0 radical (unpaired) electrons. The molecule has 5 aliphatic rings. The van der Waals surface area contributed by atoms with Gasteiger partial charge in [-0.3, -0.25) is 14.4 Å². The summed E-state index contributed by atoms with van der Waals surface area (Å²) in [7, 11) is 0. The first-order valence-electron chi connectivity index (χ1n) is 22.5. The predicted molar refractivity (Wildman–Crippen MR) is 218 cm³/mol. The highest BCUT2D eigenvalue weighted by atomic mass is 16.7. The Morgan fingerprint density at radius 3 is 2.22 bits per heavy atom. The minimum absolute atomic E-state index is 0.0166. The van der Waals surface area contributed by atoms with Gasteiger partial charge in [0, 0.05) is 45.4 Å². The maximum atomic E-state index is 12.7. The van der Waals surface area contributed by atoms with Gasteiger partial charge in [0.1, 0.15) is 6.10 Å². The normalized spacial score (nSPS) is 29.7. The van der Waals surface area contributed by atoms with Gasteiger partial charge in [0.25, 0.3) is 11.8 Å². The molecule has 3 saturated carbocycles. The van der Waals surface area contributed by atoms with Crippen molar-refractivity contribution < 1.29 is 47.8 Å². The molecule has 13 nitrogen and oxygen atoms in total. The van der Waals surface area contributed by atoms with Crippen LogP contribution in [-0.4, -0.2) is 93.7 Å².